The minimum Gasteiger partial charge on any atom is -0.461 e. The summed E-state index contributed by atoms with van der Waals surface area (Å²) in [6.07, 6.45) is 1.80. The minimum absolute atomic E-state index is 0.224. The van der Waals surface area contributed by atoms with Crippen LogP contribution in [0.25, 0.3) is 0 Å². The highest BCUT2D eigenvalue weighted by Crippen LogP contribution is 2.55. The van der Waals surface area contributed by atoms with Crippen LogP contribution in [0.2, 0.25) is 0 Å². The molecule has 0 spiro atoms. The Kier molecular flexibility index (Phi) is 6.26. The van der Waals surface area contributed by atoms with Crippen LogP contribution in [0.5, 0.6) is 0 Å². The molecule has 0 saturated carbocycles. The van der Waals surface area contributed by atoms with Crippen molar-refractivity contribution in [3.8, 4) is 0 Å². The van der Waals surface area contributed by atoms with Gasteiger partial charge >= 0.3 is 5.97 Å². The SMILES string of the molecule is O=C(C[P+](c1ccccc1)(c1ccccc1)c1ccccc1)OCCn1cnnn1. The second-order valence-electron chi connectivity index (χ2n) is 6.77. The predicted octanol–water partition coefficient (Wildman–Crippen LogP) is 2.21. The number of ether oxygens (including phenoxy) is 1. The van der Waals surface area contributed by atoms with Crippen LogP contribution in [0.15, 0.2) is 97.3 Å². The van der Waals surface area contributed by atoms with Crippen LogP contribution in [0.4, 0.5) is 0 Å². The summed E-state index contributed by atoms with van der Waals surface area (Å²) in [6.45, 7) is 0.647. The van der Waals surface area contributed by atoms with Gasteiger partial charge in [-0.05, 0) is 46.8 Å². The lowest BCUT2D eigenvalue weighted by atomic mass is 10.4. The third-order valence-corrected chi connectivity index (χ3v) is 9.20. The number of hydrogen-bond donors (Lipinski definition) is 0. The molecule has 4 aromatic rings. The Labute approximate surface area is 175 Å². The molecule has 0 bridgehead atoms. The zero-order chi connectivity index (χ0) is 20.7. The standard InChI is InChI=1S/C23H22N4O2P/c28-23(29-17-16-27-19-24-25-26-27)18-30(20-10-4-1-5-11-20,21-12-6-2-7-13-21)22-14-8-3-9-15-22/h1-15,19H,16-18H2/q+1. The minimum atomic E-state index is -2.23. The number of tetrazole rings is 1. The summed E-state index contributed by atoms with van der Waals surface area (Å²) in [5, 5.41) is 14.5. The monoisotopic (exact) mass is 417 g/mol. The fourth-order valence-corrected chi connectivity index (χ4v) is 7.51. The van der Waals surface area contributed by atoms with E-state index in [1.807, 2.05) is 54.6 Å². The summed E-state index contributed by atoms with van der Waals surface area (Å²) >= 11 is 0. The van der Waals surface area contributed by atoms with Crippen LogP contribution < -0.4 is 15.9 Å². The summed E-state index contributed by atoms with van der Waals surface area (Å²) in [5.74, 6) is -0.229. The van der Waals surface area contributed by atoms with Crippen molar-refractivity contribution in [2.75, 3.05) is 12.8 Å². The zero-order valence-electron chi connectivity index (χ0n) is 16.4. The normalized spacial score (nSPS) is 11.2. The molecule has 6 nitrogen and oxygen atoms in total. The van der Waals surface area contributed by atoms with E-state index in [0.717, 1.165) is 15.9 Å². The number of hydrogen-bond acceptors (Lipinski definition) is 5. The third kappa shape index (κ3) is 4.29. The highest BCUT2D eigenvalue weighted by molar-refractivity contribution is 7.96. The number of benzene rings is 3. The second-order valence-corrected chi connectivity index (χ2v) is 10.3. The summed E-state index contributed by atoms with van der Waals surface area (Å²) in [6, 6.07) is 30.8. The maximum Gasteiger partial charge on any atom is 0.345 e. The highest BCUT2D eigenvalue weighted by Gasteiger charge is 2.47. The molecule has 0 N–H and O–H groups in total. The average molecular weight is 417 g/mol. The number of esters is 1. The van der Waals surface area contributed by atoms with Crippen LogP contribution >= 0.6 is 7.26 Å². The van der Waals surface area contributed by atoms with Crippen molar-refractivity contribution < 1.29 is 9.53 Å². The van der Waals surface area contributed by atoms with E-state index in [1.165, 1.54) is 6.33 Å². The molecule has 150 valence electrons. The van der Waals surface area contributed by atoms with Gasteiger partial charge in [0.25, 0.3) is 0 Å². The quantitative estimate of drug-likeness (QED) is 0.325. The van der Waals surface area contributed by atoms with E-state index in [2.05, 4.69) is 51.9 Å². The highest BCUT2D eigenvalue weighted by atomic mass is 31.2. The van der Waals surface area contributed by atoms with Gasteiger partial charge in [-0.15, -0.1) is 5.10 Å². The van der Waals surface area contributed by atoms with Gasteiger partial charge in [-0.1, -0.05) is 54.6 Å². The Hall–Kier alpha value is -3.37. The van der Waals surface area contributed by atoms with E-state index in [4.69, 9.17) is 4.74 Å². The molecule has 7 heteroatoms. The van der Waals surface area contributed by atoms with Gasteiger partial charge in [-0.2, -0.15) is 0 Å². The molecule has 0 fully saturated rings. The molecule has 0 aliphatic rings. The number of nitrogens with zero attached hydrogens (tertiary/aromatic N) is 4. The van der Waals surface area contributed by atoms with Crippen LogP contribution in [-0.4, -0.2) is 38.9 Å². The van der Waals surface area contributed by atoms with Gasteiger partial charge in [0.05, 0.1) is 6.54 Å². The number of rotatable bonds is 8. The molecule has 30 heavy (non-hydrogen) atoms. The van der Waals surface area contributed by atoms with Gasteiger partial charge in [-0.3, -0.25) is 0 Å². The Morgan fingerprint density at radius 2 is 1.30 bits per heavy atom. The summed E-state index contributed by atoms with van der Waals surface area (Å²) in [4.78, 5) is 13.1. The average Bonchev–Trinajstić information content (AvgIpc) is 3.33. The summed E-state index contributed by atoms with van der Waals surface area (Å²) in [5.41, 5.74) is 0. The van der Waals surface area contributed by atoms with Crippen molar-refractivity contribution in [1.29, 1.82) is 0 Å². The molecule has 0 atom stereocenters. The molecule has 0 aliphatic heterocycles. The Bertz CT molecular complexity index is 962. The van der Waals surface area contributed by atoms with Crippen molar-refractivity contribution in [2.24, 2.45) is 0 Å². The molecule has 3 aromatic carbocycles. The van der Waals surface area contributed by atoms with Gasteiger partial charge in [0.2, 0.25) is 0 Å². The van der Waals surface area contributed by atoms with Gasteiger partial charge in [0.1, 0.15) is 36.1 Å². The first-order valence-electron chi connectivity index (χ1n) is 9.70. The molecular formula is C23H22N4O2P+. The fourth-order valence-electron chi connectivity index (χ4n) is 3.54. The van der Waals surface area contributed by atoms with E-state index in [-0.39, 0.29) is 12.6 Å². The van der Waals surface area contributed by atoms with Crippen molar-refractivity contribution in [1.82, 2.24) is 20.2 Å². The van der Waals surface area contributed by atoms with Gasteiger partial charge < -0.3 is 4.74 Å². The first-order chi connectivity index (χ1) is 14.8. The van der Waals surface area contributed by atoms with E-state index in [0.29, 0.717) is 12.7 Å². The van der Waals surface area contributed by atoms with Crippen LogP contribution in [0, 0.1) is 0 Å². The molecule has 0 amide bonds. The van der Waals surface area contributed by atoms with Gasteiger partial charge in [0.15, 0.2) is 6.16 Å². The van der Waals surface area contributed by atoms with Gasteiger partial charge in [0, 0.05) is 0 Å². The van der Waals surface area contributed by atoms with Crippen LogP contribution in [0.1, 0.15) is 0 Å². The van der Waals surface area contributed by atoms with Crippen molar-refractivity contribution >= 4 is 29.1 Å². The number of carbonyl (C=O) groups is 1. The van der Waals surface area contributed by atoms with E-state index in [1.54, 1.807) is 4.68 Å². The molecule has 0 saturated heterocycles. The lowest BCUT2D eigenvalue weighted by molar-refractivity contribution is -0.140. The first kappa shape index (κ1) is 19.9. The van der Waals surface area contributed by atoms with E-state index >= 15 is 0 Å². The largest absolute Gasteiger partial charge is 0.461 e. The molecule has 0 radical (unpaired) electrons. The van der Waals surface area contributed by atoms with Crippen molar-refractivity contribution in [3.63, 3.8) is 0 Å². The van der Waals surface area contributed by atoms with Crippen molar-refractivity contribution in [3.05, 3.63) is 97.3 Å². The Morgan fingerprint density at radius 3 is 1.73 bits per heavy atom. The smallest absolute Gasteiger partial charge is 0.345 e. The van der Waals surface area contributed by atoms with E-state index in [9.17, 15) is 4.79 Å². The maximum atomic E-state index is 13.1. The van der Waals surface area contributed by atoms with Crippen molar-refractivity contribution in [2.45, 2.75) is 6.54 Å². The second kappa shape index (κ2) is 9.42. The predicted molar refractivity (Wildman–Crippen MR) is 119 cm³/mol. The van der Waals surface area contributed by atoms with Crippen LogP contribution in [0.3, 0.4) is 0 Å². The molecule has 0 unspecified atom stereocenters. The molecule has 4 rings (SSSR count). The lowest BCUT2D eigenvalue weighted by Gasteiger charge is -2.26. The molecular weight excluding hydrogens is 395 g/mol. The van der Waals surface area contributed by atoms with Crippen LogP contribution in [-0.2, 0) is 16.1 Å². The fraction of sp³-hybridized carbons (Fsp3) is 0.130. The molecule has 1 heterocycles. The molecule has 1 aromatic heterocycles. The molecule has 0 aliphatic carbocycles. The number of aromatic nitrogens is 4. The first-order valence-corrected chi connectivity index (χ1v) is 11.7. The third-order valence-electron chi connectivity index (χ3n) is 4.93. The topological polar surface area (TPSA) is 69.9 Å². The maximum absolute atomic E-state index is 13.1. The number of carbonyl (C=O) groups excluding carboxylic acids is 1. The Balaban J connectivity index is 1.70. The lowest BCUT2D eigenvalue weighted by Crippen LogP contribution is -2.36. The van der Waals surface area contributed by atoms with Gasteiger partial charge in [-0.25, -0.2) is 9.48 Å². The summed E-state index contributed by atoms with van der Waals surface area (Å²) < 4.78 is 7.15. The summed E-state index contributed by atoms with van der Waals surface area (Å²) in [7, 11) is -2.23. The zero-order valence-corrected chi connectivity index (χ0v) is 17.3. The Morgan fingerprint density at radius 1 is 0.800 bits per heavy atom. The van der Waals surface area contributed by atoms with E-state index < -0.39 is 7.26 Å².